The summed E-state index contributed by atoms with van der Waals surface area (Å²) >= 11 is 0. The minimum atomic E-state index is -1.24. The van der Waals surface area contributed by atoms with Gasteiger partial charge in [0.1, 0.15) is 0 Å². The van der Waals surface area contributed by atoms with Crippen molar-refractivity contribution in [3.63, 3.8) is 0 Å². The molecule has 90 valence electrons. The molecule has 6 nitrogen and oxygen atoms in total. The summed E-state index contributed by atoms with van der Waals surface area (Å²) in [5.41, 5.74) is -1.24. The van der Waals surface area contributed by atoms with E-state index in [1.165, 1.54) is 0 Å². The lowest BCUT2D eigenvalue weighted by Crippen LogP contribution is -2.56. The molecular formula is C10H15NO5. The molecule has 2 heterocycles. The topological polar surface area (TPSA) is 84.9 Å². The Morgan fingerprint density at radius 1 is 1.31 bits per heavy atom. The van der Waals surface area contributed by atoms with Gasteiger partial charge >= 0.3 is 5.97 Å². The third-order valence-electron chi connectivity index (χ3n) is 3.09. The van der Waals surface area contributed by atoms with E-state index in [-0.39, 0.29) is 18.4 Å². The Balaban J connectivity index is 2.00. The van der Waals surface area contributed by atoms with Gasteiger partial charge in [0.2, 0.25) is 5.91 Å². The Kier molecular flexibility index (Phi) is 3.11. The van der Waals surface area contributed by atoms with Gasteiger partial charge in [-0.15, -0.1) is 0 Å². The standard InChI is InChI=1S/C10H15NO5/c12-8(7-1-3-15-5-7)11-10(9(13)14)2-4-16-6-10/h7H,1-6H2,(H,11,12)(H,13,14). The number of ether oxygens (including phenoxy) is 2. The van der Waals surface area contributed by atoms with Crippen molar-refractivity contribution < 1.29 is 24.2 Å². The van der Waals surface area contributed by atoms with Crippen molar-refractivity contribution in [3.8, 4) is 0 Å². The van der Waals surface area contributed by atoms with E-state index in [2.05, 4.69) is 5.32 Å². The van der Waals surface area contributed by atoms with Gasteiger partial charge in [-0.2, -0.15) is 0 Å². The molecule has 2 rings (SSSR count). The van der Waals surface area contributed by atoms with E-state index in [9.17, 15) is 9.59 Å². The summed E-state index contributed by atoms with van der Waals surface area (Å²) in [7, 11) is 0. The lowest BCUT2D eigenvalue weighted by atomic mass is 9.97. The highest BCUT2D eigenvalue weighted by molar-refractivity contribution is 5.88. The van der Waals surface area contributed by atoms with Crippen molar-refractivity contribution in [2.24, 2.45) is 5.92 Å². The third-order valence-corrected chi connectivity index (χ3v) is 3.09. The first-order chi connectivity index (χ1) is 7.64. The van der Waals surface area contributed by atoms with E-state index in [1.807, 2.05) is 0 Å². The molecule has 2 saturated heterocycles. The fourth-order valence-electron chi connectivity index (χ4n) is 1.96. The van der Waals surface area contributed by atoms with Crippen molar-refractivity contribution in [3.05, 3.63) is 0 Å². The maximum absolute atomic E-state index is 11.8. The minimum absolute atomic E-state index is 0.0433. The Bertz CT molecular complexity index is 292. The van der Waals surface area contributed by atoms with Gasteiger partial charge in [0.05, 0.1) is 19.1 Å². The van der Waals surface area contributed by atoms with Crippen LogP contribution in [0, 0.1) is 5.92 Å². The second-order valence-corrected chi connectivity index (χ2v) is 4.24. The van der Waals surface area contributed by atoms with Crippen molar-refractivity contribution >= 4 is 11.9 Å². The Morgan fingerprint density at radius 2 is 2.12 bits per heavy atom. The van der Waals surface area contributed by atoms with Crippen LogP contribution >= 0.6 is 0 Å². The van der Waals surface area contributed by atoms with Crippen LogP contribution in [0.5, 0.6) is 0 Å². The fraction of sp³-hybridized carbons (Fsp3) is 0.800. The number of carboxylic acids is 1. The van der Waals surface area contributed by atoms with E-state index >= 15 is 0 Å². The molecule has 2 unspecified atom stereocenters. The fourth-order valence-corrected chi connectivity index (χ4v) is 1.96. The molecule has 0 aromatic heterocycles. The van der Waals surface area contributed by atoms with Gasteiger partial charge in [-0.3, -0.25) is 4.79 Å². The maximum atomic E-state index is 11.8. The molecule has 2 N–H and O–H groups in total. The SMILES string of the molecule is O=C(NC1(C(=O)O)CCOC1)C1CCOC1. The molecule has 6 heteroatoms. The smallest absolute Gasteiger partial charge is 0.331 e. The number of hydrogen-bond donors (Lipinski definition) is 2. The highest BCUT2D eigenvalue weighted by Gasteiger charge is 2.45. The van der Waals surface area contributed by atoms with E-state index in [4.69, 9.17) is 14.6 Å². The molecule has 2 aliphatic rings. The van der Waals surface area contributed by atoms with Crippen LogP contribution in [-0.2, 0) is 19.1 Å². The zero-order valence-electron chi connectivity index (χ0n) is 8.90. The van der Waals surface area contributed by atoms with Gasteiger partial charge in [0, 0.05) is 19.6 Å². The quantitative estimate of drug-likeness (QED) is 0.674. The van der Waals surface area contributed by atoms with Crippen LogP contribution in [0.15, 0.2) is 0 Å². The highest BCUT2D eigenvalue weighted by Crippen LogP contribution is 2.21. The lowest BCUT2D eigenvalue weighted by molar-refractivity contribution is -0.148. The largest absolute Gasteiger partial charge is 0.479 e. The molecule has 2 aliphatic heterocycles. The number of carboxylic acid groups (broad SMARTS) is 1. The number of rotatable bonds is 3. The molecule has 2 atom stereocenters. The third kappa shape index (κ3) is 2.03. The summed E-state index contributed by atoms with van der Waals surface area (Å²) in [6, 6.07) is 0. The molecule has 0 spiro atoms. The van der Waals surface area contributed by atoms with Crippen LogP contribution in [0.2, 0.25) is 0 Å². The van der Waals surface area contributed by atoms with Crippen LogP contribution < -0.4 is 5.32 Å². The maximum Gasteiger partial charge on any atom is 0.331 e. The van der Waals surface area contributed by atoms with Gasteiger partial charge in [0.25, 0.3) is 0 Å². The first-order valence-electron chi connectivity index (χ1n) is 5.35. The molecule has 0 aromatic carbocycles. The van der Waals surface area contributed by atoms with Gasteiger partial charge in [-0.25, -0.2) is 4.79 Å². The zero-order chi connectivity index (χ0) is 11.6. The lowest BCUT2D eigenvalue weighted by Gasteiger charge is -2.25. The summed E-state index contributed by atoms with van der Waals surface area (Å²) in [5.74, 6) is -1.50. The van der Waals surface area contributed by atoms with Crippen LogP contribution in [0.3, 0.4) is 0 Å². The second-order valence-electron chi connectivity index (χ2n) is 4.24. The van der Waals surface area contributed by atoms with E-state index in [1.54, 1.807) is 0 Å². The second kappa shape index (κ2) is 4.39. The normalized spacial score (nSPS) is 33.9. The molecule has 0 saturated carbocycles. The Labute approximate surface area is 92.9 Å². The number of amides is 1. The van der Waals surface area contributed by atoms with E-state index < -0.39 is 11.5 Å². The summed E-state index contributed by atoms with van der Waals surface area (Å²) in [6.45, 7) is 1.35. The monoisotopic (exact) mass is 229 g/mol. The van der Waals surface area contributed by atoms with Gasteiger partial charge in [-0.05, 0) is 6.42 Å². The number of carbonyl (C=O) groups excluding carboxylic acids is 1. The molecule has 0 bridgehead atoms. The number of nitrogens with one attached hydrogen (secondary N) is 1. The van der Waals surface area contributed by atoms with Crippen LogP contribution in [0.25, 0.3) is 0 Å². The first kappa shape index (κ1) is 11.3. The van der Waals surface area contributed by atoms with Crippen molar-refractivity contribution in [2.75, 3.05) is 26.4 Å². The summed E-state index contributed by atoms with van der Waals surface area (Å²) < 4.78 is 10.2. The average molecular weight is 229 g/mol. The van der Waals surface area contributed by atoms with Crippen LogP contribution in [0.4, 0.5) is 0 Å². The van der Waals surface area contributed by atoms with E-state index in [0.29, 0.717) is 32.7 Å². The predicted molar refractivity (Wildman–Crippen MR) is 52.9 cm³/mol. The average Bonchev–Trinajstić information content (AvgIpc) is 2.88. The summed E-state index contributed by atoms with van der Waals surface area (Å²) in [4.78, 5) is 22.9. The molecule has 0 radical (unpaired) electrons. The van der Waals surface area contributed by atoms with Crippen LogP contribution in [0.1, 0.15) is 12.8 Å². The van der Waals surface area contributed by atoms with E-state index in [0.717, 1.165) is 0 Å². The number of aliphatic carboxylic acids is 1. The zero-order valence-corrected chi connectivity index (χ0v) is 8.90. The van der Waals surface area contributed by atoms with Gasteiger partial charge in [-0.1, -0.05) is 0 Å². The first-order valence-corrected chi connectivity index (χ1v) is 5.35. The van der Waals surface area contributed by atoms with Gasteiger partial charge < -0.3 is 19.9 Å². The van der Waals surface area contributed by atoms with Crippen molar-refractivity contribution in [1.29, 1.82) is 0 Å². The molecule has 0 aromatic rings. The van der Waals surface area contributed by atoms with Crippen LogP contribution in [-0.4, -0.2) is 48.9 Å². The number of hydrogen-bond acceptors (Lipinski definition) is 4. The molecule has 1 amide bonds. The summed E-state index contributed by atoms with van der Waals surface area (Å²) in [5, 5.41) is 11.7. The van der Waals surface area contributed by atoms with Crippen molar-refractivity contribution in [2.45, 2.75) is 18.4 Å². The molecule has 16 heavy (non-hydrogen) atoms. The molecule has 0 aliphatic carbocycles. The molecule has 2 fully saturated rings. The Morgan fingerprint density at radius 3 is 2.62 bits per heavy atom. The van der Waals surface area contributed by atoms with Gasteiger partial charge in [0.15, 0.2) is 5.54 Å². The van der Waals surface area contributed by atoms with Crippen molar-refractivity contribution in [1.82, 2.24) is 5.32 Å². The Hall–Kier alpha value is -1.14. The highest BCUT2D eigenvalue weighted by atomic mass is 16.5. The minimum Gasteiger partial charge on any atom is -0.479 e. The number of carbonyl (C=O) groups is 2. The molecular weight excluding hydrogens is 214 g/mol. The predicted octanol–water partition coefficient (Wildman–Crippen LogP) is -0.617. The summed E-state index contributed by atoms with van der Waals surface area (Å²) in [6.07, 6.45) is 0.976.